The maximum Gasteiger partial charge on any atom is 0.519 e. The number of methoxy groups -OCH3 is 3. The van der Waals surface area contributed by atoms with E-state index in [-0.39, 0.29) is 16.9 Å². The average molecular weight is 1140 g/mol. The van der Waals surface area contributed by atoms with Gasteiger partial charge in [-0.15, -0.1) is 0 Å². The van der Waals surface area contributed by atoms with Gasteiger partial charge in [0.25, 0.3) is 0 Å². The topological polar surface area (TPSA) is 144 Å². The number of hydrogen-bond donors (Lipinski definition) is 0. The fourth-order valence-electron chi connectivity index (χ4n) is 10.2. The summed E-state index contributed by atoms with van der Waals surface area (Å²) in [5, 5.41) is 0. The highest BCUT2D eigenvalue weighted by Crippen LogP contribution is 2.39. The molecule has 0 aliphatic heterocycles. The molecule has 0 heterocycles. The van der Waals surface area contributed by atoms with Crippen LogP contribution in [0, 0.1) is 27.7 Å². The van der Waals surface area contributed by atoms with E-state index in [1.807, 2.05) is 81.4 Å². The highest BCUT2D eigenvalue weighted by molar-refractivity contribution is 6.87. The van der Waals surface area contributed by atoms with Gasteiger partial charge in [-0.2, -0.15) is 0 Å². The van der Waals surface area contributed by atoms with Crippen molar-refractivity contribution in [3.63, 3.8) is 0 Å². The van der Waals surface area contributed by atoms with E-state index in [0.717, 1.165) is 82.3 Å². The third-order valence-corrected chi connectivity index (χ3v) is 26.0. The van der Waals surface area contributed by atoms with Gasteiger partial charge < -0.3 is 46.1 Å². The first-order chi connectivity index (χ1) is 37.5. The lowest BCUT2D eigenvalue weighted by Gasteiger charge is -2.39. The second kappa shape index (κ2) is 26.3. The molecular formula is C64H82O13Si3. The van der Waals surface area contributed by atoms with Crippen LogP contribution in [0.2, 0.25) is 51.4 Å². The zero-order valence-electron chi connectivity index (χ0n) is 50.0. The van der Waals surface area contributed by atoms with Gasteiger partial charge in [-0.25, -0.2) is 14.4 Å². The Morgan fingerprint density at radius 3 is 1.11 bits per heavy atom. The minimum absolute atomic E-state index is 0.234. The number of carbonyl (C=O) groups is 3. The molecule has 0 aliphatic carbocycles. The van der Waals surface area contributed by atoms with Crippen molar-refractivity contribution in [2.45, 2.75) is 143 Å². The van der Waals surface area contributed by atoms with Crippen molar-refractivity contribution in [2.24, 2.45) is 0 Å². The summed E-state index contributed by atoms with van der Waals surface area (Å²) in [6.45, 7) is 29.7. The Bertz CT molecular complexity index is 3160. The molecule has 0 radical (unpaired) electrons. The quantitative estimate of drug-likeness (QED) is 0.0341. The maximum absolute atomic E-state index is 13.1. The third kappa shape index (κ3) is 16.9. The van der Waals surface area contributed by atoms with E-state index in [4.69, 9.17) is 41.4 Å². The van der Waals surface area contributed by atoms with Crippen LogP contribution in [0.1, 0.15) is 96.2 Å². The minimum atomic E-state index is -2.49. The van der Waals surface area contributed by atoms with Gasteiger partial charge in [0.1, 0.15) is 17.2 Å². The molecular weight excluding hydrogens is 1060 g/mol. The minimum Gasteiger partial charge on any atom is -0.493 e. The standard InChI is InChI=1S/C64H82O13Si3/c1-43-21-18-24-49(37-43)63(5,6)50-28-33-54(45(3)39-50)72-61(66)74-56-30-25-47(41-58(56)68-9)22-19-35-78(12,13)76-80(16,17)77-79(14,15)36-20-23-48-26-31-57(59(42-48)69-10)75-62(67)73-55-34-29-52(40-46(55)4)64(7,8)51-27-32-53(44(2)38-51)71-60(65)70-11/h18,21,24-34,37-42H,19-20,22-23,35-36H2,1-17H3. The van der Waals surface area contributed by atoms with Crippen molar-refractivity contribution in [3.8, 4) is 40.2 Å². The molecule has 428 valence electrons. The molecule has 0 bridgehead atoms. The predicted octanol–water partition coefficient (Wildman–Crippen LogP) is 16.6. The van der Waals surface area contributed by atoms with E-state index in [1.165, 1.54) is 18.2 Å². The van der Waals surface area contributed by atoms with Crippen LogP contribution in [-0.4, -0.2) is 65.0 Å². The Hall–Kier alpha value is -6.70. The van der Waals surface area contributed by atoms with E-state index in [1.54, 1.807) is 38.5 Å². The fraction of sp³-hybridized carbons (Fsp3) is 0.391. The van der Waals surface area contributed by atoms with Crippen molar-refractivity contribution in [2.75, 3.05) is 21.3 Å². The van der Waals surface area contributed by atoms with Gasteiger partial charge in [0.05, 0.1) is 21.3 Å². The summed E-state index contributed by atoms with van der Waals surface area (Å²) in [7, 11) is -2.35. The Kier molecular flexibility index (Phi) is 20.5. The molecule has 0 unspecified atom stereocenters. The van der Waals surface area contributed by atoms with Crippen LogP contribution in [0.15, 0.2) is 115 Å². The largest absolute Gasteiger partial charge is 0.519 e. The van der Waals surface area contributed by atoms with Gasteiger partial charge in [0.2, 0.25) is 0 Å². The second-order valence-electron chi connectivity index (χ2n) is 23.3. The van der Waals surface area contributed by atoms with E-state index >= 15 is 0 Å². The molecule has 0 spiro atoms. The number of benzene rings is 6. The van der Waals surface area contributed by atoms with E-state index < -0.39 is 49.1 Å². The molecule has 0 saturated heterocycles. The zero-order valence-corrected chi connectivity index (χ0v) is 53.0. The van der Waals surface area contributed by atoms with Crippen LogP contribution in [0.5, 0.6) is 40.2 Å². The number of ether oxygens (including phenoxy) is 8. The van der Waals surface area contributed by atoms with Crippen molar-refractivity contribution < 1.29 is 60.5 Å². The lowest BCUT2D eigenvalue weighted by molar-refractivity contribution is 0.121. The van der Waals surface area contributed by atoms with Crippen LogP contribution >= 0.6 is 0 Å². The number of carbonyl (C=O) groups excluding carboxylic acids is 3. The maximum atomic E-state index is 13.1. The number of hydrogen-bond acceptors (Lipinski definition) is 13. The first-order valence-electron chi connectivity index (χ1n) is 27.2. The van der Waals surface area contributed by atoms with Crippen molar-refractivity contribution in [1.82, 2.24) is 0 Å². The van der Waals surface area contributed by atoms with Gasteiger partial charge in [-0.1, -0.05) is 106 Å². The molecule has 6 rings (SSSR count). The predicted molar refractivity (Wildman–Crippen MR) is 322 cm³/mol. The summed E-state index contributed by atoms with van der Waals surface area (Å²) in [5.41, 5.74) is 9.41. The molecule has 0 aliphatic rings. The highest BCUT2D eigenvalue weighted by Gasteiger charge is 2.39. The molecule has 0 saturated carbocycles. The zero-order chi connectivity index (χ0) is 58.8. The van der Waals surface area contributed by atoms with E-state index in [2.05, 4.69) is 109 Å². The Labute approximate surface area is 477 Å². The van der Waals surface area contributed by atoms with Crippen LogP contribution < -0.4 is 33.2 Å². The van der Waals surface area contributed by atoms with Crippen molar-refractivity contribution in [3.05, 3.63) is 171 Å². The molecule has 6 aromatic carbocycles. The molecule has 0 amide bonds. The van der Waals surface area contributed by atoms with Crippen molar-refractivity contribution in [1.29, 1.82) is 0 Å². The van der Waals surface area contributed by atoms with Gasteiger partial charge in [0, 0.05) is 10.8 Å². The Morgan fingerprint density at radius 2 is 0.762 bits per heavy atom. The van der Waals surface area contributed by atoms with E-state index in [0.29, 0.717) is 28.7 Å². The summed E-state index contributed by atoms with van der Waals surface area (Å²) in [6.07, 6.45) is 0.947. The SMILES string of the molecule is COC(=O)Oc1ccc(C(C)(C)c2ccc(OC(=O)Oc3ccc(CCC[Si](C)(C)O[Si](C)(C)O[Si](C)(C)CCCc4ccc(OC(=O)Oc5ccc(C(C)(C)c6cccc(C)c6)cc5C)c(OC)c4)cc3OC)c(C)c2)cc1C. The molecule has 0 fully saturated rings. The summed E-state index contributed by atoms with van der Waals surface area (Å²) in [4.78, 5) is 37.9. The summed E-state index contributed by atoms with van der Waals surface area (Å²) >= 11 is 0. The van der Waals surface area contributed by atoms with Crippen LogP contribution in [0.3, 0.4) is 0 Å². The molecule has 0 atom stereocenters. The normalized spacial score (nSPS) is 12.1. The van der Waals surface area contributed by atoms with Gasteiger partial charge in [0.15, 0.2) is 39.6 Å². The van der Waals surface area contributed by atoms with Crippen LogP contribution in [0.25, 0.3) is 0 Å². The lowest BCUT2D eigenvalue weighted by atomic mass is 9.77. The first-order valence-corrected chi connectivity index (χ1v) is 36.3. The highest BCUT2D eigenvalue weighted by atomic mass is 28.5. The summed E-state index contributed by atoms with van der Waals surface area (Å²) < 4.78 is 57.8. The van der Waals surface area contributed by atoms with Gasteiger partial charge in [-0.3, -0.25) is 0 Å². The Balaban J connectivity index is 0.941. The number of aryl methyl sites for hydroxylation is 6. The summed E-state index contributed by atoms with van der Waals surface area (Å²) in [5.74, 6) is 2.68. The second-order valence-corrected chi connectivity index (χ2v) is 35.8. The van der Waals surface area contributed by atoms with E-state index in [9.17, 15) is 14.4 Å². The first kappa shape index (κ1) is 62.5. The Morgan fingerprint density at radius 1 is 0.412 bits per heavy atom. The van der Waals surface area contributed by atoms with Gasteiger partial charge >= 0.3 is 27.0 Å². The smallest absolute Gasteiger partial charge is 0.493 e. The third-order valence-electron chi connectivity index (χ3n) is 14.6. The average Bonchev–Trinajstić information content (AvgIpc) is 3.39. The molecule has 80 heavy (non-hydrogen) atoms. The lowest BCUT2D eigenvalue weighted by Crippen LogP contribution is -2.52. The molecule has 0 aromatic heterocycles. The molecule has 0 N–H and O–H groups in total. The molecule has 16 heteroatoms. The summed E-state index contributed by atoms with van der Waals surface area (Å²) in [6, 6.07) is 38.8. The molecule has 13 nitrogen and oxygen atoms in total. The van der Waals surface area contributed by atoms with Crippen LogP contribution in [-0.2, 0) is 36.6 Å². The fourth-order valence-corrected chi connectivity index (χ4v) is 24.2. The number of rotatable bonds is 23. The monoisotopic (exact) mass is 1140 g/mol. The van der Waals surface area contributed by atoms with Crippen LogP contribution in [0.4, 0.5) is 14.4 Å². The van der Waals surface area contributed by atoms with Gasteiger partial charge in [-0.05, 0) is 197 Å². The van der Waals surface area contributed by atoms with Crippen molar-refractivity contribution >= 4 is 43.7 Å². The molecule has 6 aromatic rings.